The molecule has 0 aromatic heterocycles. The first-order chi connectivity index (χ1) is 13.7. The fraction of sp³-hybridized carbons (Fsp3) is 0.0870. The van der Waals surface area contributed by atoms with E-state index in [9.17, 15) is 0 Å². The number of anilines is 1. The van der Waals surface area contributed by atoms with E-state index in [0.29, 0.717) is 18.2 Å². The third-order valence-corrected chi connectivity index (χ3v) is 4.19. The molecule has 3 rings (SSSR count). The van der Waals surface area contributed by atoms with Gasteiger partial charge in [0.1, 0.15) is 18.0 Å². The van der Waals surface area contributed by atoms with Crippen molar-refractivity contribution < 1.29 is 27.0 Å². The van der Waals surface area contributed by atoms with Gasteiger partial charge in [0.05, 0.1) is 6.54 Å². The Kier molecular flexibility index (Phi) is 9.44. The lowest BCUT2D eigenvalue weighted by Gasteiger charge is -2.09. The highest BCUT2D eigenvalue weighted by molar-refractivity contribution is 6.30. The first-order valence-electron chi connectivity index (χ1n) is 9.02. The van der Waals surface area contributed by atoms with Crippen LogP contribution < -0.4 is 32.4 Å². The second-order valence-corrected chi connectivity index (χ2v) is 6.57. The minimum atomic E-state index is 0. The molecule has 0 radical (unpaired) electrons. The van der Waals surface area contributed by atoms with Crippen LogP contribution in [0.25, 0.3) is 0 Å². The van der Waals surface area contributed by atoms with E-state index in [4.69, 9.17) is 21.3 Å². The normalized spacial score (nSPS) is 10.7. The summed E-state index contributed by atoms with van der Waals surface area (Å²) in [6.07, 6.45) is 1.73. The molecule has 0 aliphatic heterocycles. The third-order valence-electron chi connectivity index (χ3n) is 3.94. The predicted molar refractivity (Wildman–Crippen MR) is 116 cm³/mol. The van der Waals surface area contributed by atoms with Crippen molar-refractivity contribution in [1.29, 1.82) is 0 Å². The molecule has 0 fully saturated rings. The Morgan fingerprint density at radius 2 is 1.69 bits per heavy atom. The van der Waals surface area contributed by atoms with Crippen molar-refractivity contribution in [2.75, 3.05) is 11.9 Å². The number of quaternary nitrogens is 1. The molecule has 3 aromatic rings. The Labute approximate surface area is 187 Å². The molecule has 6 heteroatoms. The molecule has 0 amide bonds. The highest BCUT2D eigenvalue weighted by Gasteiger charge is 2.08. The van der Waals surface area contributed by atoms with Crippen LogP contribution in [-0.4, -0.2) is 12.6 Å². The van der Waals surface area contributed by atoms with Crippen LogP contribution in [-0.2, 0) is 6.54 Å². The topological polar surface area (TPSA) is 50.2 Å². The summed E-state index contributed by atoms with van der Waals surface area (Å²) in [7, 11) is 0. The first-order valence-corrected chi connectivity index (χ1v) is 9.40. The largest absolute Gasteiger partial charge is 1.00 e. The number of hydrogen-bond acceptors (Lipinski definition) is 2. The number of benzene rings is 3. The number of nitrogens with zero attached hydrogens (tertiary/aromatic N) is 1. The van der Waals surface area contributed by atoms with Crippen molar-refractivity contribution >= 4 is 28.9 Å². The van der Waals surface area contributed by atoms with Crippen molar-refractivity contribution in [2.45, 2.75) is 6.54 Å². The van der Waals surface area contributed by atoms with Gasteiger partial charge < -0.3 is 21.7 Å². The van der Waals surface area contributed by atoms with Crippen molar-refractivity contribution in [1.82, 2.24) is 0 Å². The Hall–Kier alpha value is -2.60. The molecule has 3 N–H and O–H groups in total. The Balaban J connectivity index is 0.00000300. The highest BCUT2D eigenvalue weighted by Crippen LogP contribution is 2.14. The molecule has 0 spiro atoms. The Morgan fingerprint density at radius 3 is 2.34 bits per heavy atom. The summed E-state index contributed by atoms with van der Waals surface area (Å²) in [6.45, 7) is 4.74. The predicted octanol–water partition coefficient (Wildman–Crippen LogP) is 1.77. The van der Waals surface area contributed by atoms with Gasteiger partial charge in [0.25, 0.3) is 0 Å². The number of aliphatic imine (C=N–C) groups is 1. The number of ether oxygens (including phenoxy) is 1. The first kappa shape index (κ1) is 22.7. The van der Waals surface area contributed by atoms with Crippen LogP contribution in [0.5, 0.6) is 5.75 Å². The molecule has 3 aromatic carbocycles. The second-order valence-electron chi connectivity index (χ2n) is 6.13. The van der Waals surface area contributed by atoms with Gasteiger partial charge in [-0.05, 0) is 42.0 Å². The maximum Gasteiger partial charge on any atom is 0.304 e. The van der Waals surface area contributed by atoms with Gasteiger partial charge in [0.2, 0.25) is 0 Å². The monoisotopic (exact) mass is 471 g/mol. The molecule has 4 nitrogen and oxygen atoms in total. The molecule has 0 aliphatic rings. The van der Waals surface area contributed by atoms with E-state index in [0.717, 1.165) is 28.6 Å². The zero-order valence-corrected chi connectivity index (χ0v) is 18.2. The van der Waals surface area contributed by atoms with Crippen LogP contribution in [0, 0.1) is 0 Å². The summed E-state index contributed by atoms with van der Waals surface area (Å²) in [5.41, 5.74) is 3.11. The van der Waals surface area contributed by atoms with Gasteiger partial charge in [-0.15, -0.1) is 0 Å². The minimum absolute atomic E-state index is 0. The van der Waals surface area contributed by atoms with Gasteiger partial charge in [-0.2, -0.15) is 0 Å². The van der Waals surface area contributed by atoms with E-state index in [-0.39, 0.29) is 17.0 Å². The Morgan fingerprint density at radius 1 is 1.00 bits per heavy atom. The van der Waals surface area contributed by atoms with Gasteiger partial charge in [-0.25, -0.2) is 10.3 Å². The quantitative estimate of drug-likeness (QED) is 0.238. The number of nitrogens with one attached hydrogen (secondary N) is 1. The van der Waals surface area contributed by atoms with E-state index >= 15 is 0 Å². The second kappa shape index (κ2) is 12.1. The van der Waals surface area contributed by atoms with Gasteiger partial charge in [-0.3, -0.25) is 5.32 Å². The fourth-order valence-electron chi connectivity index (χ4n) is 2.54. The fourth-order valence-corrected chi connectivity index (χ4v) is 2.66. The number of hydrogen-bond donors (Lipinski definition) is 2. The zero-order valence-electron chi connectivity index (χ0n) is 15.9. The molecule has 0 saturated heterocycles. The summed E-state index contributed by atoms with van der Waals surface area (Å²) in [5.74, 6) is 1.58. The van der Waals surface area contributed by atoms with Crippen molar-refractivity contribution in [3.63, 3.8) is 0 Å². The lowest BCUT2D eigenvalue weighted by Crippen LogP contribution is -3.00. The number of rotatable bonds is 7. The van der Waals surface area contributed by atoms with E-state index in [1.54, 1.807) is 6.08 Å². The molecule has 29 heavy (non-hydrogen) atoms. The highest BCUT2D eigenvalue weighted by atomic mass is 79.9. The average Bonchev–Trinajstić information content (AvgIpc) is 2.74. The van der Waals surface area contributed by atoms with E-state index in [1.165, 1.54) is 0 Å². The molecular formula is C23H23BrClN3O. The molecule has 0 heterocycles. The number of halogens is 2. The van der Waals surface area contributed by atoms with E-state index in [2.05, 4.69) is 24.0 Å². The van der Waals surface area contributed by atoms with Crippen molar-refractivity contribution in [3.8, 4) is 5.75 Å². The molecular weight excluding hydrogens is 450 g/mol. The lowest BCUT2D eigenvalue weighted by molar-refractivity contribution is -0.444. The van der Waals surface area contributed by atoms with E-state index < -0.39 is 0 Å². The van der Waals surface area contributed by atoms with Gasteiger partial charge in [0.15, 0.2) is 0 Å². The lowest BCUT2D eigenvalue weighted by atomic mass is 10.2. The van der Waals surface area contributed by atoms with Gasteiger partial charge in [0, 0.05) is 22.8 Å². The van der Waals surface area contributed by atoms with Crippen LogP contribution >= 0.6 is 11.6 Å². The van der Waals surface area contributed by atoms with Crippen LogP contribution in [0.4, 0.5) is 11.4 Å². The minimum Gasteiger partial charge on any atom is -1.00 e. The average molecular weight is 473 g/mol. The molecule has 0 unspecified atom stereocenters. The van der Waals surface area contributed by atoms with E-state index in [1.807, 2.05) is 72.0 Å². The molecule has 0 atom stereocenters. The smallest absolute Gasteiger partial charge is 0.304 e. The summed E-state index contributed by atoms with van der Waals surface area (Å²) in [6, 6.07) is 25.6. The third kappa shape index (κ3) is 7.74. The molecule has 150 valence electrons. The maximum atomic E-state index is 5.99. The number of nitrogens with two attached hydrogens (primary N) is 1. The van der Waals surface area contributed by atoms with Gasteiger partial charge >= 0.3 is 5.96 Å². The molecule has 0 aliphatic carbocycles. The van der Waals surface area contributed by atoms with Crippen LogP contribution in [0.15, 0.2) is 96.5 Å². The summed E-state index contributed by atoms with van der Waals surface area (Å²) in [4.78, 5) is 4.75. The van der Waals surface area contributed by atoms with Gasteiger partial charge in [-0.1, -0.05) is 54.6 Å². The maximum absolute atomic E-state index is 5.99. The number of guanidine groups is 1. The zero-order chi connectivity index (χ0) is 19.6. The SMILES string of the molecule is C=CCOc1ccc([NH2+]C(=NCc2ccccc2)Nc2ccc(Cl)cc2)cc1.[Br-]. The van der Waals surface area contributed by atoms with Crippen LogP contribution in [0.3, 0.4) is 0 Å². The molecule has 0 bridgehead atoms. The van der Waals surface area contributed by atoms with Crippen LogP contribution in [0.2, 0.25) is 5.02 Å². The summed E-state index contributed by atoms with van der Waals surface area (Å²) in [5, 5.41) is 6.08. The molecule has 0 saturated carbocycles. The summed E-state index contributed by atoms with van der Waals surface area (Å²) >= 11 is 5.99. The Bertz CT molecular complexity index is 913. The standard InChI is InChI=1S/C23H22ClN3O.BrH/c1-2-16-28-22-14-12-21(13-15-22)27-23(25-17-18-6-4-3-5-7-18)26-20-10-8-19(24)9-11-20;/h2-15H,1,16-17H2,(H2,25,26,27);1H. The summed E-state index contributed by atoms with van der Waals surface area (Å²) < 4.78 is 5.54. The van der Waals surface area contributed by atoms with Crippen molar-refractivity contribution in [2.24, 2.45) is 4.99 Å². The van der Waals surface area contributed by atoms with Crippen LogP contribution in [0.1, 0.15) is 5.56 Å². The van der Waals surface area contributed by atoms with Crippen molar-refractivity contribution in [3.05, 3.63) is 102 Å².